The van der Waals surface area contributed by atoms with Crippen LogP contribution in [0, 0.1) is 0 Å². The molecule has 7 heteroatoms. The lowest BCUT2D eigenvalue weighted by molar-refractivity contribution is 0.100. The van der Waals surface area contributed by atoms with Gasteiger partial charge in [-0.05, 0) is 24.3 Å². The molecule has 2 aromatic heterocycles. The first-order valence-electron chi connectivity index (χ1n) is 5.94. The average molecular weight is 269 g/mol. The summed E-state index contributed by atoms with van der Waals surface area (Å²) in [7, 11) is 0. The number of nitrogens with one attached hydrogen (secondary N) is 3. The molecule has 0 fully saturated rings. The predicted molar refractivity (Wildman–Crippen MR) is 72.6 cm³/mol. The van der Waals surface area contributed by atoms with Crippen LogP contribution in [0.1, 0.15) is 27.9 Å². The smallest absolute Gasteiger partial charge is 0.277 e. The van der Waals surface area contributed by atoms with Gasteiger partial charge in [-0.1, -0.05) is 0 Å². The van der Waals surface area contributed by atoms with Crippen LogP contribution in [0.3, 0.4) is 0 Å². The number of H-pyrrole nitrogens is 2. The minimum absolute atomic E-state index is 0.0330. The number of carbonyl (C=O) groups is 2. The zero-order chi connectivity index (χ0) is 14.1. The molecule has 0 saturated carbocycles. The fourth-order valence-electron chi connectivity index (χ4n) is 1.91. The van der Waals surface area contributed by atoms with Crippen molar-refractivity contribution in [2.24, 2.45) is 0 Å². The second-order valence-electron chi connectivity index (χ2n) is 4.35. The molecular formula is C13H11N5O2. The van der Waals surface area contributed by atoms with Crippen molar-refractivity contribution in [2.75, 3.05) is 5.32 Å². The van der Waals surface area contributed by atoms with Gasteiger partial charge in [-0.2, -0.15) is 15.4 Å². The van der Waals surface area contributed by atoms with Gasteiger partial charge in [0.25, 0.3) is 5.91 Å². The number of aromatic nitrogens is 4. The second kappa shape index (κ2) is 4.61. The molecule has 0 atom stereocenters. The zero-order valence-corrected chi connectivity index (χ0v) is 10.6. The van der Waals surface area contributed by atoms with Crippen LogP contribution in [0.4, 0.5) is 5.69 Å². The molecule has 0 aliphatic heterocycles. The van der Waals surface area contributed by atoms with Crippen molar-refractivity contribution in [3.8, 4) is 0 Å². The monoisotopic (exact) mass is 269 g/mol. The SMILES string of the molecule is CC(=O)c1cc2cc(NC(=O)c3cn[nH]n3)ccc2[nH]1. The Bertz CT molecular complexity index is 788. The summed E-state index contributed by atoms with van der Waals surface area (Å²) in [6, 6.07) is 7.10. The summed E-state index contributed by atoms with van der Waals surface area (Å²) in [5, 5.41) is 13.2. The van der Waals surface area contributed by atoms with E-state index in [1.807, 2.05) is 0 Å². The number of ketones is 1. The molecule has 0 radical (unpaired) electrons. The van der Waals surface area contributed by atoms with Gasteiger partial charge in [-0.15, -0.1) is 0 Å². The van der Waals surface area contributed by atoms with Crippen LogP contribution >= 0.6 is 0 Å². The molecule has 3 N–H and O–H groups in total. The molecule has 0 unspecified atom stereocenters. The van der Waals surface area contributed by atoms with Crippen LogP contribution in [-0.4, -0.2) is 32.1 Å². The zero-order valence-electron chi connectivity index (χ0n) is 10.6. The van der Waals surface area contributed by atoms with Gasteiger partial charge in [0, 0.05) is 23.5 Å². The van der Waals surface area contributed by atoms with Crippen LogP contribution < -0.4 is 5.32 Å². The Labute approximate surface area is 113 Å². The van der Waals surface area contributed by atoms with Crippen molar-refractivity contribution in [3.63, 3.8) is 0 Å². The number of carbonyl (C=O) groups excluding carboxylic acids is 2. The number of Topliss-reactive ketones (excluding diaryl/α,β-unsaturated/α-hetero) is 1. The van der Waals surface area contributed by atoms with E-state index in [4.69, 9.17) is 0 Å². The van der Waals surface area contributed by atoms with E-state index in [-0.39, 0.29) is 17.4 Å². The largest absolute Gasteiger partial charge is 0.352 e. The lowest BCUT2D eigenvalue weighted by Gasteiger charge is -2.02. The van der Waals surface area contributed by atoms with Gasteiger partial charge in [0.1, 0.15) is 0 Å². The molecule has 0 spiro atoms. The van der Waals surface area contributed by atoms with Crippen LogP contribution in [0.15, 0.2) is 30.5 Å². The van der Waals surface area contributed by atoms with Crippen molar-refractivity contribution < 1.29 is 9.59 Å². The Morgan fingerprint density at radius 3 is 2.80 bits per heavy atom. The third-order valence-corrected chi connectivity index (χ3v) is 2.91. The second-order valence-corrected chi connectivity index (χ2v) is 4.35. The standard InChI is InChI=1S/C13H11N5O2/c1-7(19)11-5-8-4-9(2-3-10(8)16-11)15-13(20)12-6-14-18-17-12/h2-6,16H,1H3,(H,15,20)(H,14,17,18). The highest BCUT2D eigenvalue weighted by Gasteiger charge is 2.10. The average Bonchev–Trinajstić information content (AvgIpc) is 3.07. The number of fused-ring (bicyclic) bond motifs is 1. The quantitative estimate of drug-likeness (QED) is 0.630. The van der Waals surface area contributed by atoms with Crippen molar-refractivity contribution in [2.45, 2.75) is 6.92 Å². The number of anilines is 1. The van der Waals surface area contributed by atoms with Crippen molar-refractivity contribution in [1.29, 1.82) is 0 Å². The Hall–Kier alpha value is -2.96. The van der Waals surface area contributed by atoms with E-state index in [1.165, 1.54) is 13.1 Å². The van der Waals surface area contributed by atoms with Crippen molar-refractivity contribution in [1.82, 2.24) is 20.4 Å². The fraction of sp³-hybridized carbons (Fsp3) is 0.0769. The molecule has 0 bridgehead atoms. The lowest BCUT2D eigenvalue weighted by Crippen LogP contribution is -2.12. The summed E-state index contributed by atoms with van der Waals surface area (Å²) in [5.74, 6) is -0.380. The van der Waals surface area contributed by atoms with Crippen molar-refractivity contribution in [3.05, 3.63) is 41.9 Å². The third-order valence-electron chi connectivity index (χ3n) is 2.91. The topological polar surface area (TPSA) is 104 Å². The van der Waals surface area contributed by atoms with Gasteiger partial charge >= 0.3 is 0 Å². The molecule has 7 nitrogen and oxygen atoms in total. The maximum absolute atomic E-state index is 11.8. The highest BCUT2D eigenvalue weighted by Crippen LogP contribution is 2.20. The maximum Gasteiger partial charge on any atom is 0.277 e. The van der Waals surface area contributed by atoms with E-state index < -0.39 is 0 Å². The molecule has 3 rings (SSSR count). The molecule has 2 heterocycles. The Kier molecular flexibility index (Phi) is 2.79. The molecule has 0 aliphatic rings. The van der Waals surface area contributed by atoms with Gasteiger partial charge in [-0.25, -0.2) is 0 Å². The number of nitrogens with zero attached hydrogens (tertiary/aromatic N) is 2. The summed E-state index contributed by atoms with van der Waals surface area (Å²) < 4.78 is 0. The number of aromatic amines is 2. The van der Waals surface area contributed by atoms with Crippen LogP contribution in [0.5, 0.6) is 0 Å². The number of amides is 1. The molecule has 1 amide bonds. The number of hydrogen-bond acceptors (Lipinski definition) is 4. The van der Waals surface area contributed by atoms with E-state index in [1.54, 1.807) is 24.3 Å². The summed E-state index contributed by atoms with van der Waals surface area (Å²) in [6.45, 7) is 1.50. The minimum Gasteiger partial charge on any atom is -0.352 e. The maximum atomic E-state index is 11.8. The van der Waals surface area contributed by atoms with Crippen molar-refractivity contribution >= 4 is 28.3 Å². The predicted octanol–water partition coefficient (Wildman–Crippen LogP) is 1.74. The van der Waals surface area contributed by atoms with E-state index in [9.17, 15) is 9.59 Å². The number of rotatable bonds is 3. The Morgan fingerprint density at radius 2 is 2.10 bits per heavy atom. The highest BCUT2D eigenvalue weighted by atomic mass is 16.2. The summed E-state index contributed by atoms with van der Waals surface area (Å²) >= 11 is 0. The van der Waals surface area contributed by atoms with E-state index in [0.717, 1.165) is 10.9 Å². The minimum atomic E-state index is -0.347. The van der Waals surface area contributed by atoms with Gasteiger partial charge in [-0.3, -0.25) is 9.59 Å². The molecule has 0 saturated heterocycles. The van der Waals surface area contributed by atoms with E-state index >= 15 is 0 Å². The highest BCUT2D eigenvalue weighted by molar-refractivity contribution is 6.04. The normalized spacial score (nSPS) is 10.7. The molecule has 100 valence electrons. The molecule has 3 aromatic rings. The van der Waals surface area contributed by atoms with E-state index in [0.29, 0.717) is 11.4 Å². The molecular weight excluding hydrogens is 258 g/mol. The number of benzene rings is 1. The molecule has 20 heavy (non-hydrogen) atoms. The first-order chi connectivity index (χ1) is 9.63. The van der Waals surface area contributed by atoms with Crippen LogP contribution in [-0.2, 0) is 0 Å². The van der Waals surface area contributed by atoms with Gasteiger partial charge in [0.2, 0.25) is 0 Å². The molecule has 1 aromatic carbocycles. The van der Waals surface area contributed by atoms with E-state index in [2.05, 4.69) is 25.7 Å². The molecule has 0 aliphatic carbocycles. The first-order valence-corrected chi connectivity index (χ1v) is 5.94. The first kappa shape index (κ1) is 12.1. The van der Waals surface area contributed by atoms with Gasteiger partial charge < -0.3 is 10.3 Å². The van der Waals surface area contributed by atoms with Crippen LogP contribution in [0.25, 0.3) is 10.9 Å². The summed E-state index contributed by atoms with van der Waals surface area (Å²) in [4.78, 5) is 26.2. The van der Waals surface area contributed by atoms with Crippen LogP contribution in [0.2, 0.25) is 0 Å². The van der Waals surface area contributed by atoms with Gasteiger partial charge in [0.15, 0.2) is 11.5 Å². The third kappa shape index (κ3) is 2.16. The Morgan fingerprint density at radius 1 is 1.25 bits per heavy atom. The van der Waals surface area contributed by atoms with Gasteiger partial charge in [0.05, 0.1) is 11.9 Å². The lowest BCUT2D eigenvalue weighted by atomic mass is 10.2. The number of hydrogen-bond donors (Lipinski definition) is 3. The Balaban J connectivity index is 1.89. The fourth-order valence-corrected chi connectivity index (χ4v) is 1.91. The summed E-state index contributed by atoms with van der Waals surface area (Å²) in [6.07, 6.45) is 1.35. The summed E-state index contributed by atoms with van der Waals surface area (Å²) in [5.41, 5.74) is 2.22.